The quantitative estimate of drug-likeness (QED) is 0.781. The summed E-state index contributed by atoms with van der Waals surface area (Å²) in [5.74, 6) is 0. The molecule has 96 valence electrons. The Hall–Kier alpha value is -0.280. The largest absolute Gasteiger partial charge is 0.389 e. The first-order valence-electron chi connectivity index (χ1n) is 5.81. The lowest BCUT2D eigenvalue weighted by Crippen LogP contribution is -2.40. The van der Waals surface area contributed by atoms with Gasteiger partial charge in [0.1, 0.15) is 0 Å². The molecule has 1 atom stereocenters. The van der Waals surface area contributed by atoms with Crippen molar-refractivity contribution in [1.82, 2.24) is 5.32 Å². The number of hydrogen-bond donors (Lipinski definition) is 2. The van der Waals surface area contributed by atoms with Crippen molar-refractivity contribution in [2.24, 2.45) is 0 Å². The van der Waals surface area contributed by atoms with Crippen LogP contribution in [0.1, 0.15) is 25.8 Å². The molecule has 0 spiro atoms. The smallest absolute Gasteiger partial charge is 0.0784 e. The molecule has 0 heterocycles. The highest BCUT2D eigenvalue weighted by Crippen LogP contribution is 2.24. The van der Waals surface area contributed by atoms with Gasteiger partial charge in [0.05, 0.1) is 5.60 Å². The summed E-state index contributed by atoms with van der Waals surface area (Å²) in [4.78, 5) is 0. The van der Waals surface area contributed by atoms with Crippen molar-refractivity contribution in [1.29, 1.82) is 0 Å². The Morgan fingerprint density at radius 3 is 2.65 bits per heavy atom. The summed E-state index contributed by atoms with van der Waals surface area (Å²) in [6, 6.07) is 5.35. The van der Waals surface area contributed by atoms with Crippen molar-refractivity contribution >= 4 is 23.2 Å². The Morgan fingerprint density at radius 2 is 2.06 bits per heavy atom. The van der Waals surface area contributed by atoms with E-state index in [0.29, 0.717) is 23.0 Å². The molecule has 17 heavy (non-hydrogen) atoms. The molecule has 0 fully saturated rings. The van der Waals surface area contributed by atoms with E-state index in [4.69, 9.17) is 23.2 Å². The third-order valence-corrected chi connectivity index (χ3v) is 3.11. The predicted octanol–water partition coefficient (Wildman–Crippen LogP) is 3.29. The zero-order valence-corrected chi connectivity index (χ0v) is 11.8. The molecule has 1 rings (SSSR count). The third kappa shape index (κ3) is 5.26. The summed E-state index contributed by atoms with van der Waals surface area (Å²) >= 11 is 11.9. The molecule has 0 aliphatic rings. The molecule has 0 saturated carbocycles. The van der Waals surface area contributed by atoms with Crippen LogP contribution in [-0.4, -0.2) is 23.8 Å². The van der Waals surface area contributed by atoms with Gasteiger partial charge in [-0.15, -0.1) is 0 Å². The fraction of sp³-hybridized carbons (Fsp3) is 0.538. The first-order valence-corrected chi connectivity index (χ1v) is 6.57. The van der Waals surface area contributed by atoms with Gasteiger partial charge in [-0.05, 0) is 37.6 Å². The van der Waals surface area contributed by atoms with Crippen molar-refractivity contribution < 1.29 is 5.11 Å². The van der Waals surface area contributed by atoms with E-state index in [1.54, 1.807) is 19.1 Å². The van der Waals surface area contributed by atoms with Crippen LogP contribution in [0.2, 0.25) is 10.0 Å². The molecule has 1 aromatic rings. The van der Waals surface area contributed by atoms with Gasteiger partial charge in [0, 0.05) is 23.0 Å². The number of benzene rings is 1. The van der Waals surface area contributed by atoms with Crippen molar-refractivity contribution in [2.75, 3.05) is 13.1 Å². The van der Waals surface area contributed by atoms with Crippen LogP contribution in [-0.2, 0) is 6.42 Å². The summed E-state index contributed by atoms with van der Waals surface area (Å²) < 4.78 is 0. The van der Waals surface area contributed by atoms with Gasteiger partial charge < -0.3 is 10.4 Å². The van der Waals surface area contributed by atoms with Gasteiger partial charge in [0.2, 0.25) is 0 Å². The molecule has 4 heteroatoms. The van der Waals surface area contributed by atoms with Crippen molar-refractivity contribution in [3.8, 4) is 0 Å². The lowest BCUT2D eigenvalue weighted by atomic mass is 9.96. The molecular formula is C13H19Cl2NO. The second-order valence-corrected chi connectivity index (χ2v) is 5.43. The topological polar surface area (TPSA) is 32.3 Å². The fourth-order valence-corrected chi connectivity index (χ4v) is 2.15. The molecule has 2 N–H and O–H groups in total. The van der Waals surface area contributed by atoms with Gasteiger partial charge in [-0.1, -0.05) is 36.2 Å². The fourth-order valence-electron chi connectivity index (χ4n) is 1.67. The highest BCUT2D eigenvalue weighted by atomic mass is 35.5. The zero-order valence-electron chi connectivity index (χ0n) is 10.3. The van der Waals surface area contributed by atoms with Crippen LogP contribution in [0.3, 0.4) is 0 Å². The monoisotopic (exact) mass is 275 g/mol. The molecule has 0 bridgehead atoms. The first kappa shape index (κ1) is 14.8. The van der Waals surface area contributed by atoms with E-state index in [9.17, 15) is 5.11 Å². The van der Waals surface area contributed by atoms with E-state index >= 15 is 0 Å². The van der Waals surface area contributed by atoms with Crippen molar-refractivity contribution in [3.63, 3.8) is 0 Å². The van der Waals surface area contributed by atoms with Crippen LogP contribution in [0.25, 0.3) is 0 Å². The third-order valence-electron chi connectivity index (χ3n) is 2.52. The van der Waals surface area contributed by atoms with Gasteiger partial charge in [-0.3, -0.25) is 0 Å². The van der Waals surface area contributed by atoms with Gasteiger partial charge in [-0.25, -0.2) is 0 Å². The lowest BCUT2D eigenvalue weighted by Gasteiger charge is -2.24. The number of aliphatic hydroxyl groups is 1. The number of hydrogen-bond acceptors (Lipinski definition) is 2. The van der Waals surface area contributed by atoms with E-state index in [2.05, 4.69) is 12.2 Å². The molecule has 1 aromatic carbocycles. The standard InChI is InChI=1S/C13H19Cl2NO/c1-3-6-16-9-13(2,17)8-10-4-5-11(14)7-12(10)15/h4-5,7,16-17H,3,6,8-9H2,1-2H3. The number of rotatable bonds is 6. The average molecular weight is 276 g/mol. The van der Waals surface area contributed by atoms with E-state index in [0.717, 1.165) is 18.5 Å². The minimum Gasteiger partial charge on any atom is -0.389 e. The van der Waals surface area contributed by atoms with Gasteiger partial charge in [0.25, 0.3) is 0 Å². The van der Waals surface area contributed by atoms with Gasteiger partial charge >= 0.3 is 0 Å². The first-order chi connectivity index (χ1) is 7.94. The summed E-state index contributed by atoms with van der Waals surface area (Å²) in [7, 11) is 0. The summed E-state index contributed by atoms with van der Waals surface area (Å²) in [6.45, 7) is 5.36. The Kier molecular flexibility index (Phi) is 5.74. The SMILES string of the molecule is CCCNCC(C)(O)Cc1ccc(Cl)cc1Cl. The van der Waals surface area contributed by atoms with Gasteiger partial charge in [-0.2, -0.15) is 0 Å². The van der Waals surface area contributed by atoms with Crippen LogP contribution in [0.15, 0.2) is 18.2 Å². The van der Waals surface area contributed by atoms with E-state index in [1.807, 2.05) is 6.07 Å². The second-order valence-electron chi connectivity index (χ2n) is 4.59. The molecule has 0 aromatic heterocycles. The van der Waals surface area contributed by atoms with E-state index in [1.165, 1.54) is 0 Å². The molecular weight excluding hydrogens is 257 g/mol. The van der Waals surface area contributed by atoms with Crippen LogP contribution in [0.4, 0.5) is 0 Å². The lowest BCUT2D eigenvalue weighted by molar-refractivity contribution is 0.0604. The number of nitrogens with one attached hydrogen (secondary N) is 1. The maximum atomic E-state index is 10.2. The van der Waals surface area contributed by atoms with Gasteiger partial charge in [0.15, 0.2) is 0 Å². The van der Waals surface area contributed by atoms with Crippen molar-refractivity contribution in [3.05, 3.63) is 33.8 Å². The molecule has 0 aliphatic heterocycles. The average Bonchev–Trinajstić information content (AvgIpc) is 2.22. The van der Waals surface area contributed by atoms with E-state index < -0.39 is 5.60 Å². The number of halogens is 2. The Morgan fingerprint density at radius 1 is 1.35 bits per heavy atom. The van der Waals surface area contributed by atoms with Crippen LogP contribution in [0, 0.1) is 0 Å². The normalized spacial score (nSPS) is 14.6. The molecule has 0 amide bonds. The maximum Gasteiger partial charge on any atom is 0.0784 e. The summed E-state index contributed by atoms with van der Waals surface area (Å²) in [5.41, 5.74) is 0.117. The molecule has 0 saturated heterocycles. The second kappa shape index (κ2) is 6.60. The molecule has 2 nitrogen and oxygen atoms in total. The molecule has 0 radical (unpaired) electrons. The molecule has 1 unspecified atom stereocenters. The minimum atomic E-state index is -0.799. The summed E-state index contributed by atoms with van der Waals surface area (Å²) in [5, 5.41) is 14.7. The van der Waals surface area contributed by atoms with Crippen LogP contribution in [0.5, 0.6) is 0 Å². The predicted molar refractivity (Wildman–Crippen MR) is 74.0 cm³/mol. The summed E-state index contributed by atoms with van der Waals surface area (Å²) in [6.07, 6.45) is 1.57. The zero-order chi connectivity index (χ0) is 12.9. The minimum absolute atomic E-state index is 0.514. The Bertz CT molecular complexity index is 366. The van der Waals surface area contributed by atoms with E-state index in [-0.39, 0.29) is 0 Å². The van der Waals surface area contributed by atoms with Crippen LogP contribution < -0.4 is 5.32 Å². The maximum absolute atomic E-state index is 10.2. The highest BCUT2D eigenvalue weighted by Gasteiger charge is 2.21. The Labute approximate surface area is 113 Å². The van der Waals surface area contributed by atoms with Crippen molar-refractivity contribution in [2.45, 2.75) is 32.3 Å². The Balaban J connectivity index is 2.62. The highest BCUT2D eigenvalue weighted by molar-refractivity contribution is 6.35. The van der Waals surface area contributed by atoms with Crippen LogP contribution >= 0.6 is 23.2 Å². The molecule has 0 aliphatic carbocycles.